The summed E-state index contributed by atoms with van der Waals surface area (Å²) in [5.74, 6) is -0.954. The van der Waals surface area contributed by atoms with E-state index < -0.39 is 27.8 Å². The molecule has 0 saturated carbocycles. The van der Waals surface area contributed by atoms with Gasteiger partial charge in [-0.1, -0.05) is 63.9 Å². The van der Waals surface area contributed by atoms with E-state index in [0.717, 1.165) is 4.31 Å². The summed E-state index contributed by atoms with van der Waals surface area (Å²) in [6.07, 6.45) is 0.0757. The van der Waals surface area contributed by atoms with Crippen LogP contribution in [0.5, 0.6) is 0 Å². The Morgan fingerprint density at radius 1 is 1.09 bits per heavy atom. The summed E-state index contributed by atoms with van der Waals surface area (Å²) < 4.78 is 43.4. The highest BCUT2D eigenvalue weighted by molar-refractivity contribution is 9.10. The maximum absolute atomic E-state index is 14.4. The number of nitrogens with zero attached hydrogens (tertiary/aromatic N) is 1. The van der Waals surface area contributed by atoms with Crippen LogP contribution in [0.15, 0.2) is 82.2 Å². The Kier molecular flexibility index (Phi) is 8.05. The minimum Gasteiger partial charge on any atom is -0.357 e. The smallest absolute Gasteiger partial charge is 0.244 e. The second kappa shape index (κ2) is 10.6. The number of amides is 1. The first-order valence-electron chi connectivity index (χ1n) is 9.72. The standard InChI is InChI=1S/C23H21BrClFN2O3S/c1-27-23(29)22(17-5-3-2-4-6-17)28(14-13-16-7-8-18(24)15-21(16)26)32(30,31)20-11-9-19(25)10-12-20/h2-12,15,22H,13-14H2,1H3,(H,27,29). The molecule has 0 radical (unpaired) electrons. The van der Waals surface area contributed by atoms with Crippen LogP contribution in [-0.4, -0.2) is 32.2 Å². The Bertz CT molecular complexity index is 1190. The van der Waals surface area contributed by atoms with E-state index in [0.29, 0.717) is 20.6 Å². The summed E-state index contributed by atoms with van der Waals surface area (Å²) >= 11 is 9.14. The number of likely N-dealkylation sites (N-methyl/N-ethyl adjacent to an activating group) is 1. The maximum Gasteiger partial charge on any atom is 0.244 e. The molecule has 1 unspecified atom stereocenters. The lowest BCUT2D eigenvalue weighted by atomic mass is 10.1. The van der Waals surface area contributed by atoms with Crippen LogP contribution in [0, 0.1) is 5.82 Å². The second-order valence-electron chi connectivity index (χ2n) is 6.98. The number of carbonyl (C=O) groups is 1. The molecule has 1 atom stereocenters. The van der Waals surface area contributed by atoms with E-state index in [9.17, 15) is 17.6 Å². The Balaban J connectivity index is 2.08. The summed E-state index contributed by atoms with van der Waals surface area (Å²) in [5.41, 5.74) is 0.842. The molecule has 0 aliphatic rings. The van der Waals surface area contributed by atoms with Crippen LogP contribution in [0.4, 0.5) is 4.39 Å². The predicted octanol–water partition coefficient (Wildman–Crippen LogP) is 4.96. The van der Waals surface area contributed by atoms with Crippen molar-refractivity contribution >= 4 is 43.5 Å². The molecule has 0 aromatic heterocycles. The maximum atomic E-state index is 14.4. The quantitative estimate of drug-likeness (QED) is 0.440. The lowest BCUT2D eigenvalue weighted by Crippen LogP contribution is -2.43. The summed E-state index contributed by atoms with van der Waals surface area (Å²) in [6.45, 7) is -0.115. The van der Waals surface area contributed by atoms with Crippen molar-refractivity contribution < 1.29 is 17.6 Å². The Labute approximate surface area is 200 Å². The first-order valence-corrected chi connectivity index (χ1v) is 12.3. The fourth-order valence-electron chi connectivity index (χ4n) is 3.31. The van der Waals surface area contributed by atoms with E-state index in [1.165, 1.54) is 37.4 Å². The SMILES string of the molecule is CNC(=O)C(c1ccccc1)N(CCc1ccc(Br)cc1F)S(=O)(=O)c1ccc(Cl)cc1. The molecule has 3 aromatic rings. The van der Waals surface area contributed by atoms with Gasteiger partial charge in [-0.15, -0.1) is 0 Å². The molecule has 0 heterocycles. The zero-order valence-electron chi connectivity index (χ0n) is 17.1. The van der Waals surface area contributed by atoms with E-state index in [2.05, 4.69) is 21.2 Å². The fraction of sp³-hybridized carbons (Fsp3) is 0.174. The highest BCUT2D eigenvalue weighted by Crippen LogP contribution is 2.29. The van der Waals surface area contributed by atoms with Gasteiger partial charge in [0.25, 0.3) is 0 Å². The molecular weight excluding hydrogens is 519 g/mol. The molecule has 1 amide bonds. The minimum atomic E-state index is -4.13. The third-order valence-corrected chi connectivity index (χ3v) is 7.56. The molecule has 0 saturated heterocycles. The van der Waals surface area contributed by atoms with Crippen molar-refractivity contribution in [2.45, 2.75) is 17.4 Å². The van der Waals surface area contributed by atoms with Crippen molar-refractivity contribution in [1.29, 1.82) is 0 Å². The second-order valence-corrected chi connectivity index (χ2v) is 10.2. The lowest BCUT2D eigenvalue weighted by Gasteiger charge is -2.30. The number of benzene rings is 3. The van der Waals surface area contributed by atoms with Crippen LogP contribution in [0.3, 0.4) is 0 Å². The van der Waals surface area contributed by atoms with Crippen molar-refractivity contribution in [2.24, 2.45) is 0 Å². The van der Waals surface area contributed by atoms with Crippen LogP contribution in [-0.2, 0) is 21.2 Å². The van der Waals surface area contributed by atoms with Gasteiger partial charge >= 0.3 is 0 Å². The van der Waals surface area contributed by atoms with Crippen molar-refractivity contribution in [1.82, 2.24) is 9.62 Å². The Morgan fingerprint density at radius 2 is 1.75 bits per heavy atom. The largest absolute Gasteiger partial charge is 0.357 e. The van der Waals surface area contributed by atoms with E-state index in [-0.39, 0.29) is 17.9 Å². The van der Waals surface area contributed by atoms with E-state index >= 15 is 0 Å². The molecule has 0 spiro atoms. The highest BCUT2D eigenvalue weighted by Gasteiger charge is 2.36. The third-order valence-electron chi connectivity index (χ3n) is 4.93. The fourth-order valence-corrected chi connectivity index (χ4v) is 5.34. The number of halogens is 3. The van der Waals surface area contributed by atoms with Gasteiger partial charge in [0.15, 0.2) is 0 Å². The Hall–Kier alpha value is -2.26. The first-order chi connectivity index (χ1) is 15.2. The number of sulfonamides is 1. The van der Waals surface area contributed by atoms with E-state index in [4.69, 9.17) is 11.6 Å². The zero-order chi connectivity index (χ0) is 23.3. The molecule has 9 heteroatoms. The molecule has 0 aliphatic heterocycles. The van der Waals surface area contributed by atoms with Crippen LogP contribution < -0.4 is 5.32 Å². The molecule has 0 aliphatic carbocycles. The predicted molar refractivity (Wildman–Crippen MR) is 126 cm³/mol. The average molecular weight is 540 g/mol. The molecule has 3 rings (SSSR count). The van der Waals surface area contributed by atoms with E-state index in [1.54, 1.807) is 42.5 Å². The third kappa shape index (κ3) is 5.56. The summed E-state index contributed by atoms with van der Waals surface area (Å²) in [4.78, 5) is 12.9. The average Bonchev–Trinajstić information content (AvgIpc) is 2.78. The minimum absolute atomic E-state index is 0.0111. The van der Waals surface area contributed by atoms with Gasteiger partial charge in [0.2, 0.25) is 15.9 Å². The van der Waals surface area contributed by atoms with Crippen molar-refractivity contribution in [2.75, 3.05) is 13.6 Å². The number of nitrogens with one attached hydrogen (secondary N) is 1. The summed E-state index contributed by atoms with van der Waals surface area (Å²) in [5, 5.41) is 2.93. The van der Waals surface area contributed by atoms with Gasteiger partial charge in [-0.25, -0.2) is 12.8 Å². The topological polar surface area (TPSA) is 66.5 Å². The van der Waals surface area contributed by atoms with Gasteiger partial charge in [-0.3, -0.25) is 4.79 Å². The van der Waals surface area contributed by atoms with Gasteiger partial charge in [0.05, 0.1) is 4.90 Å². The molecule has 168 valence electrons. The lowest BCUT2D eigenvalue weighted by molar-refractivity contribution is -0.124. The normalized spacial score (nSPS) is 12.5. The Morgan fingerprint density at radius 3 is 2.34 bits per heavy atom. The van der Waals surface area contributed by atoms with Gasteiger partial charge in [-0.05, 0) is 53.9 Å². The van der Waals surface area contributed by atoms with Gasteiger partial charge in [-0.2, -0.15) is 4.31 Å². The molecule has 0 bridgehead atoms. The van der Waals surface area contributed by atoms with Crippen molar-refractivity contribution in [3.63, 3.8) is 0 Å². The van der Waals surface area contributed by atoms with E-state index in [1.807, 2.05) is 0 Å². The molecule has 32 heavy (non-hydrogen) atoms. The number of rotatable bonds is 8. The van der Waals surface area contributed by atoms with Crippen LogP contribution in [0.25, 0.3) is 0 Å². The zero-order valence-corrected chi connectivity index (χ0v) is 20.3. The van der Waals surface area contributed by atoms with Gasteiger partial charge in [0, 0.05) is 23.1 Å². The van der Waals surface area contributed by atoms with Crippen LogP contribution in [0.1, 0.15) is 17.2 Å². The number of hydrogen-bond donors (Lipinski definition) is 1. The molecule has 1 N–H and O–H groups in total. The number of carbonyl (C=O) groups excluding carboxylic acids is 1. The summed E-state index contributed by atoms with van der Waals surface area (Å²) in [7, 11) is -2.69. The van der Waals surface area contributed by atoms with Crippen LogP contribution in [0.2, 0.25) is 5.02 Å². The van der Waals surface area contributed by atoms with Crippen molar-refractivity contribution in [3.8, 4) is 0 Å². The molecular formula is C23H21BrClFN2O3S. The molecule has 0 fully saturated rings. The van der Waals surface area contributed by atoms with Gasteiger partial charge in [0.1, 0.15) is 11.9 Å². The first kappa shape index (κ1) is 24.4. The molecule has 3 aromatic carbocycles. The van der Waals surface area contributed by atoms with Gasteiger partial charge < -0.3 is 5.32 Å². The van der Waals surface area contributed by atoms with Crippen LogP contribution >= 0.6 is 27.5 Å². The number of hydrogen-bond acceptors (Lipinski definition) is 3. The highest BCUT2D eigenvalue weighted by atomic mass is 79.9. The molecule has 5 nitrogen and oxygen atoms in total. The monoisotopic (exact) mass is 538 g/mol. The van der Waals surface area contributed by atoms with Crippen molar-refractivity contribution in [3.05, 3.63) is 99.2 Å². The summed E-state index contributed by atoms with van der Waals surface area (Å²) in [6, 6.07) is 17.8.